The average Bonchev–Trinajstić information content (AvgIpc) is 2.40. The van der Waals surface area contributed by atoms with Gasteiger partial charge in [0.15, 0.2) is 0 Å². The quantitative estimate of drug-likeness (QED) is 0.682. The average molecular weight is 221 g/mol. The predicted molar refractivity (Wildman–Crippen MR) is 50.0 cm³/mol. The van der Waals surface area contributed by atoms with Crippen LogP contribution in [0.3, 0.4) is 0 Å². The van der Waals surface area contributed by atoms with Crippen LogP contribution in [0.5, 0.6) is 0 Å². The van der Waals surface area contributed by atoms with E-state index in [-0.39, 0.29) is 14.5 Å². The minimum absolute atomic E-state index is 0.168. The van der Waals surface area contributed by atoms with Gasteiger partial charge in [-0.25, -0.2) is 0 Å². The van der Waals surface area contributed by atoms with Gasteiger partial charge >= 0.3 is 75.6 Å². The van der Waals surface area contributed by atoms with Crippen molar-refractivity contribution in [1.29, 1.82) is 5.26 Å². The standard InChI is InChI=1S/C9H6N2Se/c10-5-7-6-3-1-2-4-8(6)12-9(7)11/h1-4H,11H2. The molecule has 2 aromatic rings. The van der Waals surface area contributed by atoms with E-state index in [0.29, 0.717) is 5.56 Å². The molecule has 2 nitrogen and oxygen atoms in total. The van der Waals surface area contributed by atoms with Gasteiger partial charge in [-0.2, -0.15) is 0 Å². The number of nitriles is 1. The van der Waals surface area contributed by atoms with Crippen LogP contribution in [0, 0.1) is 11.3 Å². The van der Waals surface area contributed by atoms with Crippen molar-refractivity contribution in [2.45, 2.75) is 0 Å². The Hall–Kier alpha value is -1.23. The van der Waals surface area contributed by atoms with E-state index in [1.54, 1.807) is 0 Å². The van der Waals surface area contributed by atoms with E-state index in [1.165, 1.54) is 4.26 Å². The molecule has 0 atom stereocenters. The molecule has 0 fully saturated rings. The summed E-state index contributed by atoms with van der Waals surface area (Å²) in [5.74, 6) is 0. The molecule has 0 radical (unpaired) electrons. The molecule has 1 aromatic carbocycles. The van der Waals surface area contributed by atoms with Crippen LogP contribution < -0.4 is 5.73 Å². The molecule has 12 heavy (non-hydrogen) atoms. The first kappa shape index (κ1) is 7.42. The van der Waals surface area contributed by atoms with Gasteiger partial charge in [0.05, 0.1) is 0 Å². The first-order valence-electron chi connectivity index (χ1n) is 3.50. The molecule has 2 rings (SSSR count). The van der Waals surface area contributed by atoms with E-state index < -0.39 is 0 Å². The van der Waals surface area contributed by atoms with E-state index in [4.69, 9.17) is 11.0 Å². The van der Waals surface area contributed by atoms with Gasteiger partial charge in [-0.1, -0.05) is 0 Å². The van der Waals surface area contributed by atoms with Crippen LogP contribution in [0.2, 0.25) is 0 Å². The van der Waals surface area contributed by atoms with Gasteiger partial charge in [0.1, 0.15) is 0 Å². The van der Waals surface area contributed by atoms with Crippen LogP contribution in [-0.2, 0) is 0 Å². The number of hydrogen-bond acceptors (Lipinski definition) is 2. The number of nitrogens with two attached hydrogens (primary N) is 1. The second-order valence-electron chi connectivity index (χ2n) is 2.45. The van der Waals surface area contributed by atoms with Crippen LogP contribution in [0.15, 0.2) is 24.3 Å². The summed E-state index contributed by atoms with van der Waals surface area (Å²) in [6, 6.07) is 10.0. The van der Waals surface area contributed by atoms with Crippen LogP contribution in [0.25, 0.3) is 9.65 Å². The third-order valence-electron chi connectivity index (χ3n) is 1.73. The number of hydrogen-bond donors (Lipinski definition) is 1. The van der Waals surface area contributed by atoms with Gasteiger partial charge < -0.3 is 0 Å². The molecular formula is C9H6N2Se. The Labute approximate surface area is 76.0 Å². The molecule has 3 heteroatoms. The van der Waals surface area contributed by atoms with Gasteiger partial charge in [-0.3, -0.25) is 0 Å². The third-order valence-corrected chi connectivity index (χ3v) is 3.83. The monoisotopic (exact) mass is 222 g/mol. The van der Waals surface area contributed by atoms with Gasteiger partial charge in [0.25, 0.3) is 0 Å². The van der Waals surface area contributed by atoms with Crippen LogP contribution in [0.4, 0.5) is 4.56 Å². The first-order valence-corrected chi connectivity index (χ1v) is 5.21. The van der Waals surface area contributed by atoms with Crippen molar-refractivity contribution in [3.05, 3.63) is 29.8 Å². The minimum atomic E-state index is 0.168. The molecule has 0 saturated heterocycles. The van der Waals surface area contributed by atoms with Crippen molar-refractivity contribution in [3.8, 4) is 6.07 Å². The maximum atomic E-state index is 8.81. The summed E-state index contributed by atoms with van der Waals surface area (Å²) in [7, 11) is 0. The van der Waals surface area contributed by atoms with Crippen molar-refractivity contribution in [3.63, 3.8) is 0 Å². The zero-order valence-corrected chi connectivity index (χ0v) is 7.96. The number of nitrogen functional groups attached to an aromatic ring is 1. The van der Waals surface area contributed by atoms with Crippen molar-refractivity contribution >= 4 is 28.7 Å². The number of anilines is 1. The fourth-order valence-corrected chi connectivity index (χ4v) is 3.11. The van der Waals surface area contributed by atoms with Crippen molar-refractivity contribution in [2.24, 2.45) is 0 Å². The Morgan fingerprint density at radius 1 is 1.33 bits per heavy atom. The molecule has 0 aliphatic carbocycles. The maximum absolute atomic E-state index is 8.81. The van der Waals surface area contributed by atoms with Gasteiger partial charge in [0, 0.05) is 0 Å². The molecule has 0 bridgehead atoms. The molecule has 58 valence electrons. The molecule has 2 N–H and O–H groups in total. The Morgan fingerprint density at radius 3 is 2.83 bits per heavy atom. The zero-order valence-electron chi connectivity index (χ0n) is 6.24. The summed E-state index contributed by atoms with van der Waals surface area (Å²) in [6.45, 7) is 0. The van der Waals surface area contributed by atoms with E-state index >= 15 is 0 Å². The number of benzene rings is 1. The summed E-state index contributed by atoms with van der Waals surface area (Å²) < 4.78 is 1.98. The van der Waals surface area contributed by atoms with Gasteiger partial charge in [-0.05, 0) is 0 Å². The van der Waals surface area contributed by atoms with Crippen molar-refractivity contribution in [1.82, 2.24) is 0 Å². The van der Waals surface area contributed by atoms with Crippen LogP contribution >= 0.6 is 0 Å². The topological polar surface area (TPSA) is 49.8 Å². The second-order valence-corrected chi connectivity index (χ2v) is 4.72. The first-order chi connectivity index (χ1) is 5.83. The van der Waals surface area contributed by atoms with Gasteiger partial charge in [0.2, 0.25) is 0 Å². The van der Waals surface area contributed by atoms with Gasteiger partial charge in [-0.15, -0.1) is 0 Å². The zero-order chi connectivity index (χ0) is 8.55. The van der Waals surface area contributed by atoms with Crippen LogP contribution in [-0.4, -0.2) is 14.5 Å². The fourth-order valence-electron chi connectivity index (χ4n) is 1.18. The third kappa shape index (κ3) is 0.937. The fraction of sp³-hybridized carbons (Fsp3) is 0. The number of fused-ring (bicyclic) bond motifs is 1. The number of rotatable bonds is 0. The van der Waals surface area contributed by atoms with Crippen molar-refractivity contribution in [2.75, 3.05) is 5.73 Å². The SMILES string of the molecule is N#Cc1c(N)[se]c2ccccc12. The van der Waals surface area contributed by atoms with E-state index in [0.717, 1.165) is 9.95 Å². The summed E-state index contributed by atoms with van der Waals surface area (Å²) >= 11 is 0.168. The summed E-state index contributed by atoms with van der Waals surface area (Å²) in [4.78, 5) is 0. The molecular weight excluding hydrogens is 215 g/mol. The molecule has 0 spiro atoms. The molecule has 0 saturated carbocycles. The van der Waals surface area contributed by atoms with Crippen LogP contribution in [0.1, 0.15) is 5.56 Å². The Bertz CT molecular complexity index is 465. The normalized spacial score (nSPS) is 9.92. The van der Waals surface area contributed by atoms with E-state index in [2.05, 4.69) is 6.07 Å². The summed E-state index contributed by atoms with van der Waals surface area (Å²) in [5.41, 5.74) is 6.40. The molecule has 0 aliphatic rings. The summed E-state index contributed by atoms with van der Waals surface area (Å²) in [5, 5.41) is 9.83. The second kappa shape index (κ2) is 2.67. The molecule has 1 aromatic heterocycles. The molecule has 0 amide bonds. The molecule has 0 aliphatic heterocycles. The molecule has 1 heterocycles. The Kier molecular flexibility index (Phi) is 1.65. The number of nitrogens with zero attached hydrogens (tertiary/aromatic N) is 1. The van der Waals surface area contributed by atoms with E-state index in [9.17, 15) is 0 Å². The van der Waals surface area contributed by atoms with Crippen molar-refractivity contribution < 1.29 is 0 Å². The summed E-state index contributed by atoms with van der Waals surface area (Å²) in [6.07, 6.45) is 0. The molecule has 0 unspecified atom stereocenters. The van der Waals surface area contributed by atoms with E-state index in [1.807, 2.05) is 24.3 Å². The Morgan fingerprint density at radius 2 is 2.08 bits per heavy atom. The predicted octanol–water partition coefficient (Wildman–Crippen LogP) is 1.35. The Balaban J connectivity index is 2.93.